The Balaban J connectivity index is 1.48. The minimum atomic E-state index is -0.152. The van der Waals surface area contributed by atoms with E-state index in [1.54, 1.807) is 16.2 Å². The molecule has 0 saturated carbocycles. The summed E-state index contributed by atoms with van der Waals surface area (Å²) in [5, 5.41) is 5.44. The standard InChI is InChI=1S/C14H16N4O2S2/c19-11(15-7-12(20)18-4-1-2-5-18)8-22-14-13-10(3-6-21-13)16-9-17-14/h3,6,9H,1-2,4-5,7-8H2,(H,15,19). The summed E-state index contributed by atoms with van der Waals surface area (Å²) in [4.78, 5) is 33.9. The normalized spacial score (nSPS) is 14.5. The Kier molecular flexibility index (Phi) is 4.89. The van der Waals surface area contributed by atoms with Crippen LogP contribution in [-0.2, 0) is 9.59 Å². The van der Waals surface area contributed by atoms with Gasteiger partial charge in [-0.25, -0.2) is 9.97 Å². The molecule has 0 atom stereocenters. The third kappa shape index (κ3) is 3.56. The van der Waals surface area contributed by atoms with Crippen LogP contribution in [-0.4, -0.2) is 52.1 Å². The maximum absolute atomic E-state index is 11.9. The van der Waals surface area contributed by atoms with Crippen LogP contribution < -0.4 is 5.32 Å². The Morgan fingerprint density at radius 2 is 2.14 bits per heavy atom. The Bertz CT molecular complexity index is 682. The molecule has 8 heteroatoms. The van der Waals surface area contributed by atoms with Crippen molar-refractivity contribution in [3.63, 3.8) is 0 Å². The van der Waals surface area contributed by atoms with Crippen LogP contribution in [0, 0.1) is 0 Å². The zero-order valence-electron chi connectivity index (χ0n) is 11.9. The molecule has 0 unspecified atom stereocenters. The molecule has 1 fully saturated rings. The number of aromatic nitrogens is 2. The third-order valence-corrected chi connectivity index (χ3v) is 5.48. The lowest BCUT2D eigenvalue weighted by molar-refractivity contribution is -0.131. The Labute approximate surface area is 136 Å². The molecule has 0 bridgehead atoms. The first-order valence-electron chi connectivity index (χ1n) is 7.09. The van der Waals surface area contributed by atoms with Crippen molar-refractivity contribution in [2.24, 2.45) is 0 Å². The van der Waals surface area contributed by atoms with E-state index in [9.17, 15) is 9.59 Å². The number of hydrogen-bond donors (Lipinski definition) is 1. The van der Waals surface area contributed by atoms with E-state index in [0.29, 0.717) is 0 Å². The fourth-order valence-corrected chi connectivity index (χ4v) is 4.08. The topological polar surface area (TPSA) is 75.2 Å². The SMILES string of the molecule is O=C(CSc1ncnc2ccsc12)NCC(=O)N1CCCC1. The first-order chi connectivity index (χ1) is 10.7. The number of rotatable bonds is 5. The van der Waals surface area contributed by atoms with Gasteiger partial charge in [-0.1, -0.05) is 11.8 Å². The maximum atomic E-state index is 11.9. The van der Waals surface area contributed by atoms with Crippen molar-refractivity contribution >= 4 is 45.1 Å². The van der Waals surface area contributed by atoms with Gasteiger partial charge in [0.15, 0.2) is 0 Å². The van der Waals surface area contributed by atoms with Crippen LogP contribution in [0.4, 0.5) is 0 Å². The molecule has 22 heavy (non-hydrogen) atoms. The van der Waals surface area contributed by atoms with E-state index in [1.807, 2.05) is 11.4 Å². The van der Waals surface area contributed by atoms with Crippen LogP contribution in [0.1, 0.15) is 12.8 Å². The van der Waals surface area contributed by atoms with E-state index in [1.165, 1.54) is 18.1 Å². The molecule has 1 saturated heterocycles. The number of fused-ring (bicyclic) bond motifs is 1. The van der Waals surface area contributed by atoms with Crippen LogP contribution in [0.3, 0.4) is 0 Å². The monoisotopic (exact) mass is 336 g/mol. The highest BCUT2D eigenvalue weighted by Crippen LogP contribution is 2.28. The lowest BCUT2D eigenvalue weighted by atomic mass is 10.4. The third-order valence-electron chi connectivity index (χ3n) is 3.45. The molecule has 6 nitrogen and oxygen atoms in total. The molecule has 116 valence electrons. The molecule has 2 amide bonds. The molecule has 1 N–H and O–H groups in total. The summed E-state index contributed by atoms with van der Waals surface area (Å²) in [6.45, 7) is 1.69. The Hall–Kier alpha value is -1.67. The van der Waals surface area contributed by atoms with Gasteiger partial charge in [-0.05, 0) is 24.3 Å². The Morgan fingerprint density at radius 1 is 1.32 bits per heavy atom. The van der Waals surface area contributed by atoms with Crippen LogP contribution >= 0.6 is 23.1 Å². The molecular formula is C14H16N4O2S2. The fourth-order valence-electron chi connectivity index (χ4n) is 2.31. The van der Waals surface area contributed by atoms with Crippen molar-refractivity contribution in [3.05, 3.63) is 17.8 Å². The van der Waals surface area contributed by atoms with Crippen molar-refractivity contribution in [3.8, 4) is 0 Å². The van der Waals surface area contributed by atoms with E-state index in [0.717, 1.165) is 41.2 Å². The van der Waals surface area contributed by atoms with Crippen molar-refractivity contribution < 1.29 is 9.59 Å². The fraction of sp³-hybridized carbons (Fsp3) is 0.429. The molecule has 0 spiro atoms. The summed E-state index contributed by atoms with van der Waals surface area (Å²) in [5.74, 6) is 0.0940. The first kappa shape index (κ1) is 15.2. The predicted molar refractivity (Wildman–Crippen MR) is 87.0 cm³/mol. The molecule has 0 aliphatic carbocycles. The first-order valence-corrected chi connectivity index (χ1v) is 8.96. The van der Waals surface area contributed by atoms with Gasteiger partial charge in [-0.15, -0.1) is 11.3 Å². The number of nitrogens with zero attached hydrogens (tertiary/aromatic N) is 3. The lowest BCUT2D eigenvalue weighted by Crippen LogP contribution is -2.39. The quantitative estimate of drug-likeness (QED) is 0.662. The molecule has 2 aromatic rings. The zero-order valence-corrected chi connectivity index (χ0v) is 13.6. The molecular weight excluding hydrogens is 320 g/mol. The van der Waals surface area contributed by atoms with Crippen LogP contribution in [0.15, 0.2) is 22.8 Å². The summed E-state index contributed by atoms with van der Waals surface area (Å²) in [5.41, 5.74) is 0.895. The van der Waals surface area contributed by atoms with Crippen LogP contribution in [0.5, 0.6) is 0 Å². The van der Waals surface area contributed by atoms with Gasteiger partial charge in [-0.2, -0.15) is 0 Å². The van der Waals surface area contributed by atoms with E-state index in [2.05, 4.69) is 15.3 Å². The maximum Gasteiger partial charge on any atom is 0.241 e. The average molecular weight is 336 g/mol. The van der Waals surface area contributed by atoms with Crippen molar-refractivity contribution in [1.29, 1.82) is 0 Å². The van der Waals surface area contributed by atoms with Gasteiger partial charge in [0, 0.05) is 13.1 Å². The van der Waals surface area contributed by atoms with E-state index >= 15 is 0 Å². The van der Waals surface area contributed by atoms with Gasteiger partial charge in [0.2, 0.25) is 11.8 Å². The van der Waals surface area contributed by atoms with Crippen molar-refractivity contribution in [2.75, 3.05) is 25.4 Å². The summed E-state index contributed by atoms with van der Waals surface area (Å²) < 4.78 is 0.994. The van der Waals surface area contributed by atoms with Gasteiger partial charge in [0.05, 0.1) is 22.5 Å². The second-order valence-electron chi connectivity index (χ2n) is 4.97. The molecule has 1 aliphatic rings. The van der Waals surface area contributed by atoms with Crippen LogP contribution in [0.25, 0.3) is 10.2 Å². The minimum absolute atomic E-state index is 0.00136. The molecule has 3 heterocycles. The Morgan fingerprint density at radius 3 is 2.95 bits per heavy atom. The lowest BCUT2D eigenvalue weighted by Gasteiger charge is -2.15. The zero-order chi connectivity index (χ0) is 15.4. The second-order valence-corrected chi connectivity index (χ2v) is 6.85. The molecule has 1 aliphatic heterocycles. The van der Waals surface area contributed by atoms with Gasteiger partial charge in [0.25, 0.3) is 0 Å². The van der Waals surface area contributed by atoms with Gasteiger partial charge in [-0.3, -0.25) is 9.59 Å². The summed E-state index contributed by atoms with van der Waals surface area (Å²) in [6, 6.07) is 1.93. The highest BCUT2D eigenvalue weighted by atomic mass is 32.2. The number of carbonyl (C=O) groups excluding carboxylic acids is 2. The van der Waals surface area contributed by atoms with Gasteiger partial charge in [0.1, 0.15) is 11.4 Å². The largest absolute Gasteiger partial charge is 0.346 e. The van der Waals surface area contributed by atoms with Crippen molar-refractivity contribution in [2.45, 2.75) is 17.9 Å². The number of likely N-dealkylation sites (tertiary alicyclic amines) is 1. The smallest absolute Gasteiger partial charge is 0.241 e. The number of thiophene rings is 1. The predicted octanol–water partition coefficient (Wildman–Crippen LogP) is 1.52. The van der Waals surface area contributed by atoms with Crippen LogP contribution in [0.2, 0.25) is 0 Å². The second kappa shape index (κ2) is 7.06. The number of carbonyl (C=O) groups is 2. The number of nitrogens with one attached hydrogen (secondary N) is 1. The average Bonchev–Trinajstić information content (AvgIpc) is 3.21. The highest BCUT2D eigenvalue weighted by Gasteiger charge is 2.18. The van der Waals surface area contributed by atoms with Gasteiger partial charge < -0.3 is 10.2 Å². The van der Waals surface area contributed by atoms with E-state index in [4.69, 9.17) is 0 Å². The molecule has 2 aromatic heterocycles. The molecule has 0 aromatic carbocycles. The minimum Gasteiger partial charge on any atom is -0.346 e. The number of amides is 2. The number of hydrogen-bond acceptors (Lipinski definition) is 6. The highest BCUT2D eigenvalue weighted by molar-refractivity contribution is 8.00. The summed E-state index contributed by atoms with van der Waals surface area (Å²) >= 11 is 2.93. The summed E-state index contributed by atoms with van der Waals surface area (Å²) in [7, 11) is 0. The van der Waals surface area contributed by atoms with Crippen molar-refractivity contribution in [1.82, 2.24) is 20.2 Å². The van der Waals surface area contributed by atoms with Gasteiger partial charge >= 0.3 is 0 Å². The molecule has 3 rings (SSSR count). The van der Waals surface area contributed by atoms with E-state index in [-0.39, 0.29) is 24.1 Å². The number of thioether (sulfide) groups is 1. The summed E-state index contributed by atoms with van der Waals surface area (Å²) in [6.07, 6.45) is 3.62. The van der Waals surface area contributed by atoms with E-state index < -0.39 is 0 Å². The molecule has 0 radical (unpaired) electrons.